The van der Waals surface area contributed by atoms with E-state index in [-0.39, 0.29) is 18.3 Å². The van der Waals surface area contributed by atoms with Gasteiger partial charge in [-0.05, 0) is 66.7 Å². The maximum absolute atomic E-state index is 13.3. The average molecular weight is 391 g/mol. The van der Waals surface area contributed by atoms with Crippen LogP contribution in [0.1, 0.15) is 16.2 Å². The van der Waals surface area contributed by atoms with E-state index in [2.05, 4.69) is 10.4 Å². The number of amides is 1. The van der Waals surface area contributed by atoms with Crippen molar-refractivity contribution in [1.82, 2.24) is 15.1 Å². The SMILES string of the molecule is COc1ccc(-n2nc(-c3ccc(F)cc3)cc2C(=O)NCc2ccco2)cc1. The Hall–Kier alpha value is -3.87. The number of nitrogens with one attached hydrogen (secondary N) is 1. The minimum atomic E-state index is -0.334. The molecule has 0 fully saturated rings. The fourth-order valence-corrected chi connectivity index (χ4v) is 2.90. The molecule has 0 atom stereocenters. The van der Waals surface area contributed by atoms with E-state index in [1.807, 2.05) is 12.1 Å². The number of nitrogens with zero attached hydrogens (tertiary/aromatic N) is 2. The molecule has 0 spiro atoms. The Morgan fingerprint density at radius 3 is 2.55 bits per heavy atom. The highest BCUT2D eigenvalue weighted by molar-refractivity contribution is 5.94. The molecule has 2 heterocycles. The monoisotopic (exact) mass is 391 g/mol. The number of halogens is 1. The third-order valence-corrected chi connectivity index (χ3v) is 4.40. The normalized spacial score (nSPS) is 10.7. The molecule has 29 heavy (non-hydrogen) atoms. The van der Waals surface area contributed by atoms with Gasteiger partial charge in [0, 0.05) is 5.56 Å². The van der Waals surface area contributed by atoms with E-state index < -0.39 is 0 Å². The van der Waals surface area contributed by atoms with Crippen LogP contribution in [0.3, 0.4) is 0 Å². The summed E-state index contributed by atoms with van der Waals surface area (Å²) in [5, 5.41) is 7.40. The fourth-order valence-electron chi connectivity index (χ4n) is 2.90. The van der Waals surface area contributed by atoms with Crippen molar-refractivity contribution in [2.45, 2.75) is 6.54 Å². The number of furan rings is 1. The first-order chi connectivity index (χ1) is 14.1. The van der Waals surface area contributed by atoms with Crippen molar-refractivity contribution in [2.24, 2.45) is 0 Å². The van der Waals surface area contributed by atoms with Crippen LogP contribution in [0, 0.1) is 5.82 Å². The van der Waals surface area contributed by atoms with E-state index >= 15 is 0 Å². The third-order valence-electron chi connectivity index (χ3n) is 4.40. The molecule has 2 aromatic carbocycles. The quantitative estimate of drug-likeness (QED) is 0.535. The lowest BCUT2D eigenvalue weighted by Crippen LogP contribution is -2.25. The minimum Gasteiger partial charge on any atom is -0.497 e. The summed E-state index contributed by atoms with van der Waals surface area (Å²) in [6.07, 6.45) is 1.55. The topological polar surface area (TPSA) is 69.3 Å². The first-order valence-corrected chi connectivity index (χ1v) is 8.95. The Morgan fingerprint density at radius 2 is 1.90 bits per heavy atom. The van der Waals surface area contributed by atoms with Crippen molar-refractivity contribution in [3.8, 4) is 22.7 Å². The zero-order valence-electron chi connectivity index (χ0n) is 15.6. The van der Waals surface area contributed by atoms with Crippen molar-refractivity contribution < 1.29 is 18.3 Å². The van der Waals surface area contributed by atoms with Crippen LogP contribution >= 0.6 is 0 Å². The zero-order chi connectivity index (χ0) is 20.2. The molecular formula is C22H18FN3O3. The van der Waals surface area contributed by atoms with Crippen LogP contribution in [-0.2, 0) is 6.54 Å². The van der Waals surface area contributed by atoms with E-state index in [0.29, 0.717) is 34.1 Å². The Morgan fingerprint density at radius 1 is 1.14 bits per heavy atom. The van der Waals surface area contributed by atoms with Crippen molar-refractivity contribution >= 4 is 5.91 Å². The number of carbonyl (C=O) groups is 1. The number of rotatable bonds is 6. The summed E-state index contributed by atoms with van der Waals surface area (Å²) in [6, 6.07) is 18.4. The van der Waals surface area contributed by atoms with Gasteiger partial charge in [0.1, 0.15) is 23.0 Å². The van der Waals surface area contributed by atoms with Gasteiger partial charge >= 0.3 is 0 Å². The number of carbonyl (C=O) groups excluding carboxylic acids is 1. The molecule has 1 N–H and O–H groups in total. The molecule has 0 aliphatic heterocycles. The van der Waals surface area contributed by atoms with Crippen molar-refractivity contribution in [3.05, 3.63) is 90.3 Å². The molecule has 7 heteroatoms. The largest absolute Gasteiger partial charge is 0.497 e. The second kappa shape index (κ2) is 8.02. The first kappa shape index (κ1) is 18.5. The van der Waals surface area contributed by atoms with Gasteiger partial charge in [0.15, 0.2) is 0 Å². The number of hydrogen-bond acceptors (Lipinski definition) is 4. The summed E-state index contributed by atoms with van der Waals surface area (Å²) in [7, 11) is 1.59. The van der Waals surface area contributed by atoms with Gasteiger partial charge < -0.3 is 14.5 Å². The molecule has 0 radical (unpaired) electrons. The molecule has 4 rings (SSSR count). The molecule has 1 amide bonds. The van der Waals surface area contributed by atoms with Crippen LogP contribution in [0.5, 0.6) is 5.75 Å². The second-order valence-corrected chi connectivity index (χ2v) is 6.29. The minimum absolute atomic E-state index is 0.255. The molecule has 146 valence electrons. The standard InChI is InChI=1S/C22H18FN3O3/c1-28-18-10-8-17(9-11-18)26-21(22(27)24-14-19-3-2-12-29-19)13-20(25-26)15-4-6-16(23)7-5-15/h2-13H,14H2,1H3,(H,24,27). The number of benzene rings is 2. The van der Waals surface area contributed by atoms with E-state index in [4.69, 9.17) is 9.15 Å². The van der Waals surface area contributed by atoms with E-state index in [1.54, 1.807) is 60.5 Å². The summed E-state index contributed by atoms with van der Waals surface area (Å²) in [4.78, 5) is 12.9. The van der Waals surface area contributed by atoms with Crippen LogP contribution < -0.4 is 10.1 Å². The first-order valence-electron chi connectivity index (χ1n) is 8.95. The van der Waals surface area contributed by atoms with Gasteiger partial charge in [-0.3, -0.25) is 4.79 Å². The highest BCUT2D eigenvalue weighted by atomic mass is 19.1. The van der Waals surface area contributed by atoms with Gasteiger partial charge in [-0.1, -0.05) is 0 Å². The van der Waals surface area contributed by atoms with Crippen LogP contribution in [0.2, 0.25) is 0 Å². The lowest BCUT2D eigenvalue weighted by molar-refractivity contribution is 0.0940. The summed E-state index contributed by atoms with van der Waals surface area (Å²) in [6.45, 7) is 0.255. The average Bonchev–Trinajstić information content (AvgIpc) is 3.43. The third kappa shape index (κ3) is 4.03. The Balaban J connectivity index is 1.70. The second-order valence-electron chi connectivity index (χ2n) is 6.29. The molecule has 0 saturated heterocycles. The van der Waals surface area contributed by atoms with E-state index in [1.165, 1.54) is 12.1 Å². The van der Waals surface area contributed by atoms with E-state index in [9.17, 15) is 9.18 Å². The van der Waals surface area contributed by atoms with Gasteiger partial charge in [-0.15, -0.1) is 0 Å². The lowest BCUT2D eigenvalue weighted by atomic mass is 10.1. The number of ether oxygens (including phenoxy) is 1. The molecule has 0 unspecified atom stereocenters. The molecule has 4 aromatic rings. The lowest BCUT2D eigenvalue weighted by Gasteiger charge is -2.08. The number of aromatic nitrogens is 2. The molecule has 2 aromatic heterocycles. The summed E-state index contributed by atoms with van der Waals surface area (Å²) in [5.74, 6) is 0.703. The molecule has 0 bridgehead atoms. The Bertz CT molecular complexity index is 1100. The van der Waals surface area contributed by atoms with Crippen molar-refractivity contribution in [2.75, 3.05) is 7.11 Å². The predicted octanol–water partition coefficient (Wildman–Crippen LogP) is 4.21. The van der Waals surface area contributed by atoms with Gasteiger partial charge in [0.25, 0.3) is 5.91 Å². The Kier molecular flexibility index (Phi) is 5.11. The van der Waals surface area contributed by atoms with Crippen molar-refractivity contribution in [3.63, 3.8) is 0 Å². The smallest absolute Gasteiger partial charge is 0.270 e. The maximum Gasteiger partial charge on any atom is 0.270 e. The van der Waals surface area contributed by atoms with Gasteiger partial charge in [-0.25, -0.2) is 9.07 Å². The number of methoxy groups -OCH3 is 1. The van der Waals surface area contributed by atoms with Gasteiger partial charge in [0.05, 0.1) is 31.3 Å². The molecule has 0 saturated carbocycles. The summed E-state index contributed by atoms with van der Waals surface area (Å²) in [5.41, 5.74) is 2.31. The van der Waals surface area contributed by atoms with Crippen LogP contribution in [0.25, 0.3) is 16.9 Å². The molecule has 0 aliphatic rings. The fraction of sp³-hybridized carbons (Fsp3) is 0.0909. The van der Waals surface area contributed by atoms with Crippen LogP contribution in [0.4, 0.5) is 4.39 Å². The predicted molar refractivity (Wildman–Crippen MR) is 105 cm³/mol. The molecule has 0 aliphatic carbocycles. The highest BCUT2D eigenvalue weighted by Gasteiger charge is 2.18. The summed E-state index contributed by atoms with van der Waals surface area (Å²) < 4.78 is 25.3. The number of hydrogen-bond donors (Lipinski definition) is 1. The van der Waals surface area contributed by atoms with Crippen LogP contribution in [0.15, 0.2) is 77.4 Å². The zero-order valence-corrected chi connectivity index (χ0v) is 15.6. The van der Waals surface area contributed by atoms with E-state index in [0.717, 1.165) is 0 Å². The summed E-state index contributed by atoms with van der Waals surface area (Å²) >= 11 is 0. The van der Waals surface area contributed by atoms with Gasteiger partial charge in [0.2, 0.25) is 0 Å². The van der Waals surface area contributed by atoms with Crippen molar-refractivity contribution in [1.29, 1.82) is 0 Å². The molecule has 6 nitrogen and oxygen atoms in total. The maximum atomic E-state index is 13.3. The highest BCUT2D eigenvalue weighted by Crippen LogP contribution is 2.23. The van der Waals surface area contributed by atoms with Gasteiger partial charge in [-0.2, -0.15) is 5.10 Å². The molecular weight excluding hydrogens is 373 g/mol. The Labute approximate surface area is 166 Å². The van der Waals surface area contributed by atoms with Crippen LogP contribution in [-0.4, -0.2) is 22.8 Å².